The van der Waals surface area contributed by atoms with Gasteiger partial charge in [0, 0.05) is 31.2 Å². The van der Waals surface area contributed by atoms with Crippen LogP contribution in [0.1, 0.15) is 43.2 Å². The van der Waals surface area contributed by atoms with Crippen molar-refractivity contribution in [3.8, 4) is 11.5 Å². The normalized spacial score (nSPS) is 23.4. The van der Waals surface area contributed by atoms with Gasteiger partial charge in [0.05, 0.1) is 6.04 Å². The number of piperidine rings is 1. The Kier molecular flexibility index (Phi) is 4.56. The molecule has 2 aromatic heterocycles. The van der Waals surface area contributed by atoms with Gasteiger partial charge in [0.15, 0.2) is 5.82 Å². The molecule has 6 nitrogen and oxygen atoms in total. The zero-order valence-electron chi connectivity index (χ0n) is 15.5. The van der Waals surface area contributed by atoms with Gasteiger partial charge in [-0.05, 0) is 65.4 Å². The van der Waals surface area contributed by atoms with E-state index in [9.17, 15) is 0 Å². The summed E-state index contributed by atoms with van der Waals surface area (Å²) in [4.78, 5) is 19.3. The zero-order chi connectivity index (χ0) is 17.4. The van der Waals surface area contributed by atoms with Gasteiger partial charge in [-0.3, -0.25) is 4.90 Å². The summed E-state index contributed by atoms with van der Waals surface area (Å²) in [5.74, 6) is 1.89. The SMILES string of the molecule is Cc1cc(-c2nccn2C)nc([C@H]2CCCN2C2CCN(C)CC2)n1. The number of hydrogen-bond donors (Lipinski definition) is 0. The van der Waals surface area contributed by atoms with Gasteiger partial charge in [0.2, 0.25) is 0 Å². The van der Waals surface area contributed by atoms with Crippen molar-refractivity contribution >= 4 is 0 Å². The van der Waals surface area contributed by atoms with Crippen molar-refractivity contribution in [1.29, 1.82) is 0 Å². The topological polar surface area (TPSA) is 50.1 Å². The van der Waals surface area contributed by atoms with Crippen molar-refractivity contribution in [1.82, 2.24) is 29.3 Å². The lowest BCUT2D eigenvalue weighted by Crippen LogP contribution is -2.43. The number of hydrogen-bond acceptors (Lipinski definition) is 5. The maximum Gasteiger partial charge on any atom is 0.158 e. The minimum Gasteiger partial charge on any atom is -0.333 e. The molecule has 0 bridgehead atoms. The molecule has 4 heterocycles. The second-order valence-corrected chi connectivity index (χ2v) is 7.54. The van der Waals surface area contributed by atoms with Gasteiger partial charge in [-0.1, -0.05) is 0 Å². The van der Waals surface area contributed by atoms with Crippen LogP contribution in [0.2, 0.25) is 0 Å². The van der Waals surface area contributed by atoms with Gasteiger partial charge >= 0.3 is 0 Å². The highest BCUT2D eigenvalue weighted by molar-refractivity contribution is 5.50. The largest absolute Gasteiger partial charge is 0.333 e. The Balaban J connectivity index is 1.62. The molecule has 0 aliphatic carbocycles. The van der Waals surface area contributed by atoms with E-state index >= 15 is 0 Å². The van der Waals surface area contributed by atoms with E-state index in [2.05, 4.69) is 28.8 Å². The van der Waals surface area contributed by atoms with Gasteiger partial charge in [-0.25, -0.2) is 15.0 Å². The molecule has 2 aliphatic heterocycles. The Morgan fingerprint density at radius 1 is 1.04 bits per heavy atom. The first-order chi connectivity index (χ1) is 12.1. The predicted octanol–water partition coefficient (Wildman–Crippen LogP) is 2.42. The number of imidazole rings is 1. The lowest BCUT2D eigenvalue weighted by molar-refractivity contribution is 0.107. The van der Waals surface area contributed by atoms with Crippen LogP contribution in [0, 0.1) is 6.92 Å². The summed E-state index contributed by atoms with van der Waals surface area (Å²) < 4.78 is 2.02. The van der Waals surface area contributed by atoms with Crippen LogP contribution in [0.25, 0.3) is 11.5 Å². The van der Waals surface area contributed by atoms with Crippen LogP contribution in [-0.2, 0) is 7.05 Å². The molecule has 0 unspecified atom stereocenters. The minimum absolute atomic E-state index is 0.354. The van der Waals surface area contributed by atoms with Crippen molar-refractivity contribution in [2.24, 2.45) is 7.05 Å². The number of nitrogens with zero attached hydrogens (tertiary/aromatic N) is 6. The molecule has 4 rings (SSSR count). The molecule has 0 spiro atoms. The Bertz CT molecular complexity index is 731. The van der Waals surface area contributed by atoms with Gasteiger partial charge < -0.3 is 9.47 Å². The first kappa shape index (κ1) is 16.7. The van der Waals surface area contributed by atoms with Crippen LogP contribution in [0.5, 0.6) is 0 Å². The summed E-state index contributed by atoms with van der Waals surface area (Å²) in [5.41, 5.74) is 1.96. The van der Waals surface area contributed by atoms with Crippen LogP contribution < -0.4 is 0 Å². The van der Waals surface area contributed by atoms with Crippen molar-refractivity contribution in [3.05, 3.63) is 30.0 Å². The lowest BCUT2D eigenvalue weighted by atomic mass is 10.0. The summed E-state index contributed by atoms with van der Waals surface area (Å²) in [6, 6.07) is 3.07. The quantitative estimate of drug-likeness (QED) is 0.859. The van der Waals surface area contributed by atoms with Crippen molar-refractivity contribution in [2.75, 3.05) is 26.7 Å². The van der Waals surface area contributed by atoms with Gasteiger partial charge in [0.25, 0.3) is 0 Å². The summed E-state index contributed by atoms with van der Waals surface area (Å²) in [5, 5.41) is 0. The molecule has 2 aliphatic rings. The second kappa shape index (κ2) is 6.84. The fourth-order valence-corrected chi connectivity index (χ4v) is 4.30. The van der Waals surface area contributed by atoms with E-state index in [1.165, 1.54) is 38.9 Å². The first-order valence-corrected chi connectivity index (χ1v) is 9.39. The summed E-state index contributed by atoms with van der Waals surface area (Å²) in [6.45, 7) is 5.63. The molecule has 0 saturated carbocycles. The van der Waals surface area contributed by atoms with Crippen molar-refractivity contribution in [2.45, 2.75) is 44.7 Å². The Morgan fingerprint density at radius 2 is 1.84 bits per heavy atom. The van der Waals surface area contributed by atoms with Gasteiger partial charge in [-0.15, -0.1) is 0 Å². The molecule has 134 valence electrons. The third-order valence-electron chi connectivity index (χ3n) is 5.67. The summed E-state index contributed by atoms with van der Waals surface area (Å²) in [7, 11) is 4.24. The third-order valence-corrected chi connectivity index (χ3v) is 5.67. The highest BCUT2D eigenvalue weighted by Crippen LogP contribution is 2.35. The molecular weight excluding hydrogens is 312 g/mol. The van der Waals surface area contributed by atoms with Gasteiger partial charge in [0.1, 0.15) is 11.5 Å². The maximum absolute atomic E-state index is 4.93. The van der Waals surface area contributed by atoms with Crippen LogP contribution in [0.4, 0.5) is 0 Å². The van der Waals surface area contributed by atoms with Crippen LogP contribution in [0.15, 0.2) is 18.5 Å². The second-order valence-electron chi connectivity index (χ2n) is 7.54. The molecule has 0 radical (unpaired) electrons. The smallest absolute Gasteiger partial charge is 0.158 e. The average molecular weight is 340 g/mol. The monoisotopic (exact) mass is 340 g/mol. The number of aryl methyl sites for hydroxylation is 2. The van der Waals surface area contributed by atoms with E-state index < -0.39 is 0 Å². The molecule has 2 fully saturated rings. The minimum atomic E-state index is 0.354. The van der Waals surface area contributed by atoms with Crippen molar-refractivity contribution in [3.63, 3.8) is 0 Å². The predicted molar refractivity (Wildman–Crippen MR) is 98.2 cm³/mol. The van der Waals surface area contributed by atoms with E-state index in [-0.39, 0.29) is 0 Å². The highest BCUT2D eigenvalue weighted by Gasteiger charge is 2.35. The van der Waals surface area contributed by atoms with E-state index in [1.54, 1.807) is 0 Å². The molecule has 1 atom stereocenters. The van der Waals surface area contributed by atoms with E-state index in [0.717, 1.165) is 29.5 Å². The van der Waals surface area contributed by atoms with Crippen molar-refractivity contribution < 1.29 is 0 Å². The molecule has 0 N–H and O–H groups in total. The molecule has 2 aromatic rings. The Morgan fingerprint density at radius 3 is 2.56 bits per heavy atom. The fourth-order valence-electron chi connectivity index (χ4n) is 4.30. The van der Waals surface area contributed by atoms with E-state index in [1.807, 2.05) is 30.1 Å². The Hall–Kier alpha value is -1.79. The molecule has 0 aromatic carbocycles. The van der Waals surface area contributed by atoms with Crippen LogP contribution in [0.3, 0.4) is 0 Å². The Labute approximate surface area is 149 Å². The average Bonchev–Trinajstić information content (AvgIpc) is 3.24. The summed E-state index contributed by atoms with van der Waals surface area (Å²) in [6.07, 6.45) is 8.71. The van der Waals surface area contributed by atoms with E-state index in [4.69, 9.17) is 9.97 Å². The highest BCUT2D eigenvalue weighted by atomic mass is 15.2. The van der Waals surface area contributed by atoms with Crippen LogP contribution >= 0.6 is 0 Å². The number of likely N-dealkylation sites (tertiary alicyclic amines) is 2. The molecule has 0 amide bonds. The lowest BCUT2D eigenvalue weighted by Gasteiger charge is -2.37. The maximum atomic E-state index is 4.93. The molecule has 25 heavy (non-hydrogen) atoms. The van der Waals surface area contributed by atoms with E-state index in [0.29, 0.717) is 12.1 Å². The number of aromatic nitrogens is 4. The fraction of sp³-hybridized carbons (Fsp3) is 0.632. The first-order valence-electron chi connectivity index (χ1n) is 9.39. The molecule has 2 saturated heterocycles. The summed E-state index contributed by atoms with van der Waals surface area (Å²) >= 11 is 0. The number of rotatable bonds is 3. The standard InChI is InChI=1S/C19H28N6/c1-14-13-16(19-20-8-12-24(19)3)22-18(21-14)17-5-4-9-25(17)15-6-10-23(2)11-7-15/h8,12-13,15,17H,4-7,9-11H2,1-3H3/t17-/m1/s1. The third kappa shape index (κ3) is 3.33. The zero-order valence-corrected chi connectivity index (χ0v) is 15.5. The molecule has 6 heteroatoms. The van der Waals surface area contributed by atoms with Gasteiger partial charge in [-0.2, -0.15) is 0 Å². The van der Waals surface area contributed by atoms with Crippen LogP contribution in [-0.4, -0.2) is 62.0 Å². The molecular formula is C19H28N6.